The molecule has 0 saturated carbocycles. The van der Waals surface area contributed by atoms with Crippen molar-refractivity contribution in [3.63, 3.8) is 0 Å². The number of imidazole rings is 1. The molecule has 0 fully saturated rings. The number of ether oxygens (including phenoxy) is 1. The topological polar surface area (TPSA) is 78.9 Å². The second-order valence-electron chi connectivity index (χ2n) is 3.31. The molecule has 0 spiro atoms. The SMILES string of the molecule is [CH2]OC(C)Cn1cnc2c(N)ncnc21. The van der Waals surface area contributed by atoms with Gasteiger partial charge in [0.15, 0.2) is 11.5 Å². The van der Waals surface area contributed by atoms with E-state index in [2.05, 4.69) is 22.1 Å². The van der Waals surface area contributed by atoms with Crippen LogP contribution in [0.5, 0.6) is 0 Å². The van der Waals surface area contributed by atoms with Crippen LogP contribution in [-0.4, -0.2) is 25.6 Å². The molecule has 0 aliphatic heterocycles. The molecule has 2 aromatic heterocycles. The Hall–Kier alpha value is -1.69. The number of hydrogen-bond acceptors (Lipinski definition) is 5. The second kappa shape index (κ2) is 3.82. The summed E-state index contributed by atoms with van der Waals surface area (Å²) in [5.74, 6) is 0.391. The number of rotatable bonds is 3. The molecule has 1 unspecified atom stereocenters. The molecule has 6 heteroatoms. The van der Waals surface area contributed by atoms with Gasteiger partial charge in [0, 0.05) is 0 Å². The lowest BCUT2D eigenvalue weighted by molar-refractivity contribution is 0.138. The summed E-state index contributed by atoms with van der Waals surface area (Å²) in [6, 6.07) is 0. The summed E-state index contributed by atoms with van der Waals surface area (Å²) >= 11 is 0. The molecule has 1 radical (unpaired) electrons. The highest BCUT2D eigenvalue weighted by molar-refractivity contribution is 5.81. The predicted octanol–water partition coefficient (Wildman–Crippen LogP) is 0.605. The van der Waals surface area contributed by atoms with Gasteiger partial charge >= 0.3 is 0 Å². The summed E-state index contributed by atoms with van der Waals surface area (Å²) in [6.45, 7) is 2.56. The summed E-state index contributed by atoms with van der Waals surface area (Å²) in [4.78, 5) is 12.1. The highest BCUT2D eigenvalue weighted by Crippen LogP contribution is 2.14. The van der Waals surface area contributed by atoms with E-state index in [-0.39, 0.29) is 6.10 Å². The van der Waals surface area contributed by atoms with Gasteiger partial charge in [0.2, 0.25) is 0 Å². The average molecular weight is 206 g/mol. The lowest BCUT2D eigenvalue weighted by Crippen LogP contribution is -2.13. The number of fused-ring (bicyclic) bond motifs is 1. The smallest absolute Gasteiger partial charge is 0.165 e. The van der Waals surface area contributed by atoms with Crippen molar-refractivity contribution in [2.24, 2.45) is 0 Å². The number of hydrogen-bond donors (Lipinski definition) is 1. The first-order valence-corrected chi connectivity index (χ1v) is 4.54. The van der Waals surface area contributed by atoms with Crippen LogP contribution in [0.1, 0.15) is 6.92 Å². The fourth-order valence-corrected chi connectivity index (χ4v) is 1.36. The molecule has 79 valence electrons. The van der Waals surface area contributed by atoms with Crippen molar-refractivity contribution in [2.45, 2.75) is 19.6 Å². The molecular weight excluding hydrogens is 194 g/mol. The summed E-state index contributed by atoms with van der Waals surface area (Å²) in [5.41, 5.74) is 7.00. The minimum Gasteiger partial charge on any atom is -0.382 e. The third-order valence-electron chi connectivity index (χ3n) is 2.17. The number of nitrogen functional groups attached to an aromatic ring is 1. The second-order valence-corrected chi connectivity index (χ2v) is 3.31. The molecular formula is C9H12N5O. The number of nitrogens with zero attached hydrogens (tertiary/aromatic N) is 4. The fourth-order valence-electron chi connectivity index (χ4n) is 1.36. The van der Waals surface area contributed by atoms with Gasteiger partial charge in [-0.1, -0.05) is 0 Å². The van der Waals surface area contributed by atoms with Crippen LogP contribution in [-0.2, 0) is 11.3 Å². The monoisotopic (exact) mass is 206 g/mol. The van der Waals surface area contributed by atoms with Crippen LogP contribution in [0.3, 0.4) is 0 Å². The first-order chi connectivity index (χ1) is 7.22. The van der Waals surface area contributed by atoms with Crippen LogP contribution in [0.4, 0.5) is 5.82 Å². The van der Waals surface area contributed by atoms with E-state index in [0.717, 1.165) is 0 Å². The molecule has 0 amide bonds. The standard InChI is InChI=1S/C9H12N5O/c1-6(15-2)3-14-5-13-7-8(10)11-4-12-9(7)14/h4-6H,2-3H2,1H3,(H2,10,11,12). The van der Waals surface area contributed by atoms with E-state index in [1.807, 2.05) is 11.5 Å². The highest BCUT2D eigenvalue weighted by atomic mass is 16.5. The Morgan fingerprint density at radius 1 is 1.53 bits per heavy atom. The van der Waals surface area contributed by atoms with Gasteiger partial charge in [-0.05, 0) is 6.92 Å². The summed E-state index contributed by atoms with van der Waals surface area (Å²) in [7, 11) is 3.37. The third-order valence-corrected chi connectivity index (χ3v) is 2.17. The zero-order chi connectivity index (χ0) is 10.8. The molecule has 2 N–H and O–H groups in total. The molecule has 2 heterocycles. The molecule has 15 heavy (non-hydrogen) atoms. The quantitative estimate of drug-likeness (QED) is 0.795. The molecule has 0 bridgehead atoms. The maximum absolute atomic E-state index is 5.66. The van der Waals surface area contributed by atoms with Crippen LogP contribution in [0.2, 0.25) is 0 Å². The zero-order valence-corrected chi connectivity index (χ0v) is 8.42. The zero-order valence-electron chi connectivity index (χ0n) is 8.42. The maximum atomic E-state index is 5.66. The predicted molar refractivity (Wildman–Crippen MR) is 55.6 cm³/mol. The van der Waals surface area contributed by atoms with E-state index >= 15 is 0 Å². The molecule has 0 saturated heterocycles. The van der Waals surface area contributed by atoms with E-state index in [4.69, 9.17) is 10.5 Å². The Morgan fingerprint density at radius 3 is 3.07 bits per heavy atom. The largest absolute Gasteiger partial charge is 0.382 e. The fraction of sp³-hybridized carbons (Fsp3) is 0.333. The van der Waals surface area contributed by atoms with Gasteiger partial charge < -0.3 is 15.0 Å². The normalized spacial score (nSPS) is 13.2. The number of anilines is 1. The Kier molecular flexibility index (Phi) is 2.51. The molecule has 0 aliphatic carbocycles. The van der Waals surface area contributed by atoms with Crippen molar-refractivity contribution >= 4 is 17.0 Å². The van der Waals surface area contributed by atoms with Crippen molar-refractivity contribution < 1.29 is 4.74 Å². The number of aromatic nitrogens is 4. The van der Waals surface area contributed by atoms with Gasteiger partial charge in [0.1, 0.15) is 11.8 Å². The first kappa shape index (κ1) is 9.85. The average Bonchev–Trinajstić information content (AvgIpc) is 2.63. The van der Waals surface area contributed by atoms with Crippen LogP contribution >= 0.6 is 0 Å². The molecule has 0 aliphatic rings. The van der Waals surface area contributed by atoms with Gasteiger partial charge in [-0.15, -0.1) is 0 Å². The molecule has 0 aromatic carbocycles. The molecule has 2 aromatic rings. The Morgan fingerprint density at radius 2 is 2.33 bits per heavy atom. The Labute approximate surface area is 87.1 Å². The molecule has 1 atom stereocenters. The van der Waals surface area contributed by atoms with Crippen molar-refractivity contribution in [1.29, 1.82) is 0 Å². The highest BCUT2D eigenvalue weighted by Gasteiger charge is 2.09. The van der Waals surface area contributed by atoms with Gasteiger partial charge in [0.25, 0.3) is 0 Å². The van der Waals surface area contributed by atoms with Gasteiger partial charge in [-0.25, -0.2) is 15.0 Å². The van der Waals surface area contributed by atoms with Crippen LogP contribution in [0.25, 0.3) is 11.2 Å². The van der Waals surface area contributed by atoms with Crippen molar-refractivity contribution in [3.8, 4) is 0 Å². The van der Waals surface area contributed by atoms with E-state index in [9.17, 15) is 0 Å². The van der Waals surface area contributed by atoms with Crippen LogP contribution in [0.15, 0.2) is 12.7 Å². The first-order valence-electron chi connectivity index (χ1n) is 4.54. The number of nitrogens with two attached hydrogens (primary N) is 1. The summed E-state index contributed by atoms with van der Waals surface area (Å²) < 4.78 is 6.79. The maximum Gasteiger partial charge on any atom is 0.165 e. The van der Waals surface area contributed by atoms with Gasteiger partial charge in [-0.2, -0.15) is 0 Å². The van der Waals surface area contributed by atoms with Crippen molar-refractivity contribution in [1.82, 2.24) is 19.5 Å². The third kappa shape index (κ3) is 1.75. The summed E-state index contributed by atoms with van der Waals surface area (Å²) in [6.07, 6.45) is 3.09. The van der Waals surface area contributed by atoms with Crippen LogP contribution < -0.4 is 5.73 Å². The van der Waals surface area contributed by atoms with E-state index < -0.39 is 0 Å². The van der Waals surface area contributed by atoms with E-state index in [1.165, 1.54) is 6.33 Å². The molecule has 2 rings (SSSR count). The summed E-state index contributed by atoms with van der Waals surface area (Å²) in [5, 5.41) is 0. The molecule has 6 nitrogen and oxygen atoms in total. The van der Waals surface area contributed by atoms with Crippen molar-refractivity contribution in [3.05, 3.63) is 19.8 Å². The van der Waals surface area contributed by atoms with Gasteiger partial charge in [-0.3, -0.25) is 0 Å². The van der Waals surface area contributed by atoms with E-state index in [1.54, 1.807) is 6.33 Å². The Bertz CT molecular complexity index is 466. The lowest BCUT2D eigenvalue weighted by Gasteiger charge is -2.09. The minimum atomic E-state index is -0.00131. The Balaban J connectivity index is 2.41. The van der Waals surface area contributed by atoms with Crippen LogP contribution in [0, 0.1) is 7.11 Å². The van der Waals surface area contributed by atoms with Crippen molar-refractivity contribution in [2.75, 3.05) is 5.73 Å². The lowest BCUT2D eigenvalue weighted by atomic mass is 10.4. The van der Waals surface area contributed by atoms with Gasteiger partial charge in [0.05, 0.1) is 26.1 Å². The van der Waals surface area contributed by atoms with E-state index in [0.29, 0.717) is 23.5 Å². The minimum absolute atomic E-state index is 0.00131.